The van der Waals surface area contributed by atoms with Gasteiger partial charge in [-0.15, -0.1) is 0 Å². The fourth-order valence-corrected chi connectivity index (χ4v) is 0.828. The second-order valence-electron chi connectivity index (χ2n) is 2.50. The van der Waals surface area contributed by atoms with Gasteiger partial charge in [0.15, 0.2) is 0 Å². The lowest BCUT2D eigenvalue weighted by Crippen LogP contribution is -2.27. The van der Waals surface area contributed by atoms with E-state index < -0.39 is 0 Å². The zero-order valence-corrected chi connectivity index (χ0v) is 7.60. The van der Waals surface area contributed by atoms with Crippen molar-refractivity contribution in [3.63, 3.8) is 0 Å². The van der Waals surface area contributed by atoms with Crippen molar-refractivity contribution in [3.05, 3.63) is 18.6 Å². The molecule has 1 heterocycles. The van der Waals surface area contributed by atoms with E-state index >= 15 is 0 Å². The van der Waals surface area contributed by atoms with Crippen LogP contribution in [0.15, 0.2) is 18.6 Å². The predicted octanol–water partition coefficient (Wildman–Crippen LogP) is 0.0858. The molecule has 1 aromatic heterocycles. The number of hydrogen-bond donors (Lipinski definition) is 0. The molecule has 0 fully saturated rings. The fraction of sp³-hybridized carbons (Fsp3) is 0.375. The molecule has 0 saturated heterocycles. The first-order valence-electron chi connectivity index (χ1n) is 3.78. The van der Waals surface area contributed by atoms with E-state index in [2.05, 4.69) is 14.7 Å². The summed E-state index contributed by atoms with van der Waals surface area (Å²) in [4.78, 5) is 20.5. The van der Waals surface area contributed by atoms with Crippen molar-refractivity contribution in [2.45, 2.75) is 0 Å². The number of carbonyl (C=O) groups is 1. The van der Waals surface area contributed by atoms with Gasteiger partial charge in [0.25, 0.3) is 0 Å². The molecule has 13 heavy (non-hydrogen) atoms. The highest BCUT2D eigenvalue weighted by Crippen LogP contribution is 2.03. The van der Waals surface area contributed by atoms with Crippen molar-refractivity contribution in [3.8, 4) is 0 Å². The van der Waals surface area contributed by atoms with Crippen LogP contribution in [0.5, 0.6) is 0 Å². The van der Waals surface area contributed by atoms with Crippen LogP contribution < -0.4 is 4.90 Å². The normalized spacial score (nSPS) is 9.38. The van der Waals surface area contributed by atoms with Crippen LogP contribution >= 0.6 is 0 Å². The van der Waals surface area contributed by atoms with Crippen LogP contribution in [0.3, 0.4) is 0 Å². The van der Waals surface area contributed by atoms with Gasteiger partial charge in [0.05, 0.1) is 13.3 Å². The Balaban J connectivity index is 2.59. The molecule has 0 aliphatic heterocycles. The number of likely N-dealkylation sites (N-methyl/N-ethyl adjacent to an activating group) is 1. The number of hydrogen-bond acceptors (Lipinski definition) is 5. The van der Waals surface area contributed by atoms with Gasteiger partial charge in [0.2, 0.25) is 0 Å². The molecule has 5 nitrogen and oxygen atoms in total. The van der Waals surface area contributed by atoms with E-state index in [1.54, 1.807) is 30.5 Å². The Morgan fingerprint density at radius 1 is 1.62 bits per heavy atom. The molecule has 0 atom stereocenters. The molecule has 0 unspecified atom stereocenters. The maximum Gasteiger partial charge on any atom is 0.325 e. The molecule has 70 valence electrons. The molecular formula is C8H11N3O2. The smallest absolute Gasteiger partial charge is 0.325 e. The van der Waals surface area contributed by atoms with Gasteiger partial charge in [-0.3, -0.25) is 9.78 Å². The van der Waals surface area contributed by atoms with Crippen molar-refractivity contribution in [2.75, 3.05) is 25.6 Å². The summed E-state index contributed by atoms with van der Waals surface area (Å²) in [7, 11) is 3.10. The number of carbonyl (C=O) groups excluding carboxylic acids is 1. The van der Waals surface area contributed by atoms with E-state index in [0.29, 0.717) is 5.82 Å². The van der Waals surface area contributed by atoms with Gasteiger partial charge in [-0.2, -0.15) is 0 Å². The average Bonchev–Trinajstić information content (AvgIpc) is 2.19. The maximum atomic E-state index is 10.9. The lowest BCUT2D eigenvalue weighted by molar-refractivity contribution is -0.138. The highest BCUT2D eigenvalue weighted by Gasteiger charge is 2.07. The monoisotopic (exact) mass is 181 g/mol. The van der Waals surface area contributed by atoms with Gasteiger partial charge in [-0.1, -0.05) is 0 Å². The van der Waals surface area contributed by atoms with Crippen LogP contribution in [0.1, 0.15) is 0 Å². The Morgan fingerprint density at radius 2 is 2.38 bits per heavy atom. The van der Waals surface area contributed by atoms with Crippen LogP contribution in [0.25, 0.3) is 0 Å². The summed E-state index contributed by atoms with van der Waals surface area (Å²) in [6.07, 6.45) is 4.74. The van der Waals surface area contributed by atoms with Crippen LogP contribution in [-0.4, -0.2) is 36.6 Å². The summed E-state index contributed by atoms with van der Waals surface area (Å²) >= 11 is 0. The second kappa shape index (κ2) is 4.39. The van der Waals surface area contributed by atoms with Crippen LogP contribution in [-0.2, 0) is 9.53 Å². The first-order valence-corrected chi connectivity index (χ1v) is 3.78. The van der Waals surface area contributed by atoms with Crippen molar-refractivity contribution >= 4 is 11.8 Å². The second-order valence-corrected chi connectivity index (χ2v) is 2.50. The maximum absolute atomic E-state index is 10.9. The lowest BCUT2D eigenvalue weighted by Gasteiger charge is -2.15. The van der Waals surface area contributed by atoms with E-state index in [9.17, 15) is 4.79 Å². The average molecular weight is 181 g/mol. The summed E-state index contributed by atoms with van der Waals surface area (Å²) in [5, 5.41) is 0. The number of methoxy groups -OCH3 is 1. The third-order valence-corrected chi connectivity index (χ3v) is 1.53. The molecule has 0 aromatic carbocycles. The Kier molecular flexibility index (Phi) is 3.19. The molecule has 0 radical (unpaired) electrons. The fourth-order valence-electron chi connectivity index (χ4n) is 0.828. The minimum Gasteiger partial charge on any atom is -0.468 e. The third kappa shape index (κ3) is 2.70. The molecule has 0 N–H and O–H groups in total. The number of ether oxygens (including phenoxy) is 1. The first kappa shape index (κ1) is 9.44. The highest BCUT2D eigenvalue weighted by molar-refractivity contribution is 5.74. The predicted molar refractivity (Wildman–Crippen MR) is 47.3 cm³/mol. The summed E-state index contributed by atoms with van der Waals surface area (Å²) in [6.45, 7) is 0.176. The molecule has 0 aliphatic rings. The largest absolute Gasteiger partial charge is 0.468 e. The van der Waals surface area contributed by atoms with Gasteiger partial charge < -0.3 is 9.64 Å². The summed E-state index contributed by atoms with van der Waals surface area (Å²) in [6, 6.07) is 0. The number of anilines is 1. The molecule has 0 spiro atoms. The Hall–Kier alpha value is -1.65. The zero-order valence-electron chi connectivity index (χ0n) is 7.60. The third-order valence-electron chi connectivity index (χ3n) is 1.53. The topological polar surface area (TPSA) is 55.3 Å². The lowest BCUT2D eigenvalue weighted by atomic mass is 10.5. The van der Waals surface area contributed by atoms with Crippen molar-refractivity contribution in [1.29, 1.82) is 0 Å². The number of aromatic nitrogens is 2. The number of nitrogens with zero attached hydrogens (tertiary/aromatic N) is 3. The van der Waals surface area contributed by atoms with Crippen molar-refractivity contribution in [1.82, 2.24) is 9.97 Å². The standard InChI is InChI=1S/C8H11N3O2/c1-11(6-8(12)13-2)7-5-9-3-4-10-7/h3-5H,6H2,1-2H3. The zero-order chi connectivity index (χ0) is 9.68. The Bertz CT molecular complexity index is 276. The Labute approximate surface area is 76.4 Å². The highest BCUT2D eigenvalue weighted by atomic mass is 16.5. The number of rotatable bonds is 3. The van der Waals surface area contributed by atoms with Gasteiger partial charge >= 0.3 is 5.97 Å². The number of esters is 1. The minimum absolute atomic E-state index is 0.176. The van der Waals surface area contributed by atoms with Crippen LogP contribution in [0, 0.1) is 0 Å². The molecule has 5 heteroatoms. The quantitative estimate of drug-likeness (QED) is 0.618. The molecule has 1 rings (SSSR count). The van der Waals surface area contributed by atoms with Crippen LogP contribution in [0.4, 0.5) is 5.82 Å². The van der Waals surface area contributed by atoms with Gasteiger partial charge in [-0.25, -0.2) is 4.98 Å². The summed E-state index contributed by atoms with van der Waals surface area (Å²) < 4.78 is 4.51. The molecule has 1 aromatic rings. The Morgan fingerprint density at radius 3 is 2.92 bits per heavy atom. The summed E-state index contributed by atoms with van der Waals surface area (Å²) in [5.74, 6) is 0.348. The van der Waals surface area contributed by atoms with Crippen molar-refractivity contribution in [2.24, 2.45) is 0 Å². The van der Waals surface area contributed by atoms with E-state index in [4.69, 9.17) is 0 Å². The van der Waals surface area contributed by atoms with E-state index in [1.165, 1.54) is 7.11 Å². The van der Waals surface area contributed by atoms with E-state index in [-0.39, 0.29) is 12.5 Å². The first-order chi connectivity index (χ1) is 6.24. The minimum atomic E-state index is -0.298. The molecule has 0 saturated carbocycles. The SMILES string of the molecule is COC(=O)CN(C)c1cnccn1. The summed E-state index contributed by atoms with van der Waals surface area (Å²) in [5.41, 5.74) is 0. The van der Waals surface area contributed by atoms with Gasteiger partial charge in [0, 0.05) is 19.4 Å². The van der Waals surface area contributed by atoms with Crippen LogP contribution in [0.2, 0.25) is 0 Å². The van der Waals surface area contributed by atoms with Gasteiger partial charge in [-0.05, 0) is 0 Å². The van der Waals surface area contributed by atoms with Crippen molar-refractivity contribution < 1.29 is 9.53 Å². The van der Waals surface area contributed by atoms with E-state index in [1.807, 2.05) is 0 Å². The van der Waals surface area contributed by atoms with E-state index in [0.717, 1.165) is 0 Å². The molecular weight excluding hydrogens is 170 g/mol. The molecule has 0 amide bonds. The van der Waals surface area contributed by atoms with Gasteiger partial charge in [0.1, 0.15) is 12.4 Å². The molecule has 0 aliphatic carbocycles. The molecule has 0 bridgehead atoms.